The van der Waals surface area contributed by atoms with Crippen LogP contribution < -0.4 is 10.6 Å². The van der Waals surface area contributed by atoms with Crippen molar-refractivity contribution in [3.05, 3.63) is 64.5 Å². The van der Waals surface area contributed by atoms with Gasteiger partial charge in [-0.15, -0.1) is 5.10 Å². The fourth-order valence-corrected chi connectivity index (χ4v) is 2.32. The topological polar surface area (TPSA) is 62.7 Å². The Morgan fingerprint density at radius 1 is 0.913 bits per heavy atom. The van der Waals surface area contributed by atoms with Crippen LogP contribution in [0.4, 0.5) is 27.5 Å². The standard InChI is InChI=1S/C15H10Cl2FN5/c16-11-2-1-3-12(17)14(11)21-13-8-19-23-15(22-13)20-10-6-4-9(18)5-7-10/h1-8H,(H2,20,21,22,23). The smallest absolute Gasteiger partial charge is 0.249 e. The van der Waals surface area contributed by atoms with E-state index in [0.717, 1.165) is 0 Å². The quantitative estimate of drug-likeness (QED) is 0.707. The molecule has 23 heavy (non-hydrogen) atoms. The number of nitrogens with one attached hydrogen (secondary N) is 2. The molecule has 0 aliphatic carbocycles. The van der Waals surface area contributed by atoms with Crippen LogP contribution in [0.3, 0.4) is 0 Å². The fourth-order valence-electron chi connectivity index (χ4n) is 1.82. The first-order valence-electron chi connectivity index (χ1n) is 6.55. The van der Waals surface area contributed by atoms with E-state index >= 15 is 0 Å². The lowest BCUT2D eigenvalue weighted by Crippen LogP contribution is -2.03. The highest BCUT2D eigenvalue weighted by molar-refractivity contribution is 6.39. The Bertz CT molecular complexity index is 806. The lowest BCUT2D eigenvalue weighted by Gasteiger charge is -2.10. The monoisotopic (exact) mass is 349 g/mol. The van der Waals surface area contributed by atoms with Gasteiger partial charge in [0.2, 0.25) is 5.95 Å². The summed E-state index contributed by atoms with van der Waals surface area (Å²) in [6.07, 6.45) is 1.44. The first kappa shape index (κ1) is 15.5. The molecule has 1 heterocycles. The van der Waals surface area contributed by atoms with Crippen LogP contribution in [-0.2, 0) is 0 Å². The number of nitrogens with zero attached hydrogens (tertiary/aromatic N) is 3. The molecule has 0 aliphatic heterocycles. The van der Waals surface area contributed by atoms with Crippen molar-refractivity contribution in [1.29, 1.82) is 0 Å². The molecule has 0 amide bonds. The molecular weight excluding hydrogens is 340 g/mol. The summed E-state index contributed by atoms with van der Waals surface area (Å²) < 4.78 is 12.9. The minimum atomic E-state index is -0.321. The van der Waals surface area contributed by atoms with Gasteiger partial charge in [0.25, 0.3) is 0 Å². The van der Waals surface area contributed by atoms with Crippen LogP contribution in [0.1, 0.15) is 0 Å². The number of anilines is 4. The van der Waals surface area contributed by atoms with E-state index in [-0.39, 0.29) is 11.8 Å². The second-order valence-corrected chi connectivity index (χ2v) is 5.33. The molecule has 0 atom stereocenters. The van der Waals surface area contributed by atoms with Gasteiger partial charge in [-0.1, -0.05) is 29.3 Å². The molecule has 2 N–H and O–H groups in total. The predicted octanol–water partition coefficient (Wildman–Crippen LogP) is 4.80. The molecule has 8 heteroatoms. The van der Waals surface area contributed by atoms with E-state index in [1.54, 1.807) is 30.3 Å². The third-order valence-electron chi connectivity index (χ3n) is 2.88. The molecule has 116 valence electrons. The van der Waals surface area contributed by atoms with Crippen molar-refractivity contribution >= 4 is 46.3 Å². The van der Waals surface area contributed by atoms with E-state index in [4.69, 9.17) is 23.2 Å². The number of hydrogen-bond acceptors (Lipinski definition) is 5. The molecule has 0 unspecified atom stereocenters. The Labute approximate surface area is 141 Å². The van der Waals surface area contributed by atoms with Crippen LogP contribution in [-0.4, -0.2) is 15.2 Å². The van der Waals surface area contributed by atoms with Gasteiger partial charge in [0.05, 0.1) is 21.9 Å². The Kier molecular flexibility index (Phi) is 4.55. The van der Waals surface area contributed by atoms with Crippen molar-refractivity contribution in [2.24, 2.45) is 0 Å². The van der Waals surface area contributed by atoms with Crippen molar-refractivity contribution in [1.82, 2.24) is 15.2 Å². The lowest BCUT2D eigenvalue weighted by atomic mass is 10.3. The molecule has 3 aromatic rings. The van der Waals surface area contributed by atoms with Gasteiger partial charge in [-0.05, 0) is 36.4 Å². The number of halogens is 3. The van der Waals surface area contributed by atoms with Crippen molar-refractivity contribution in [2.75, 3.05) is 10.6 Å². The minimum absolute atomic E-state index is 0.254. The molecule has 0 spiro atoms. The zero-order valence-corrected chi connectivity index (χ0v) is 13.1. The van der Waals surface area contributed by atoms with E-state index in [2.05, 4.69) is 25.8 Å². The first-order valence-corrected chi connectivity index (χ1v) is 7.31. The highest BCUT2D eigenvalue weighted by Gasteiger charge is 2.08. The maximum absolute atomic E-state index is 12.9. The third-order valence-corrected chi connectivity index (χ3v) is 3.50. The van der Waals surface area contributed by atoms with Crippen molar-refractivity contribution in [3.8, 4) is 0 Å². The van der Waals surface area contributed by atoms with Crippen LogP contribution in [0, 0.1) is 5.82 Å². The molecule has 2 aromatic carbocycles. The summed E-state index contributed by atoms with van der Waals surface area (Å²) in [5.74, 6) is 0.350. The van der Waals surface area contributed by atoms with E-state index in [1.807, 2.05) is 0 Å². The Balaban J connectivity index is 1.81. The Morgan fingerprint density at radius 3 is 2.30 bits per heavy atom. The summed E-state index contributed by atoms with van der Waals surface area (Å²) in [7, 11) is 0. The van der Waals surface area contributed by atoms with Crippen LogP contribution in [0.2, 0.25) is 10.0 Å². The number of benzene rings is 2. The zero-order valence-electron chi connectivity index (χ0n) is 11.6. The SMILES string of the molecule is Fc1ccc(Nc2nncc(Nc3c(Cl)cccc3Cl)n2)cc1. The largest absolute Gasteiger partial charge is 0.336 e. The fraction of sp³-hybridized carbons (Fsp3) is 0. The number of rotatable bonds is 4. The average Bonchev–Trinajstić information content (AvgIpc) is 2.54. The van der Waals surface area contributed by atoms with Crippen LogP contribution in [0.25, 0.3) is 0 Å². The molecule has 3 rings (SSSR count). The zero-order chi connectivity index (χ0) is 16.2. The van der Waals surface area contributed by atoms with Crippen molar-refractivity contribution in [3.63, 3.8) is 0 Å². The molecule has 5 nitrogen and oxygen atoms in total. The van der Waals surface area contributed by atoms with Crippen molar-refractivity contribution in [2.45, 2.75) is 0 Å². The Hall–Kier alpha value is -2.44. The van der Waals surface area contributed by atoms with Gasteiger partial charge >= 0.3 is 0 Å². The number of para-hydroxylation sites is 1. The molecule has 0 fully saturated rings. The van der Waals surface area contributed by atoms with Gasteiger partial charge in [0.1, 0.15) is 5.82 Å². The molecule has 0 radical (unpaired) electrons. The maximum atomic E-state index is 12.9. The first-order chi connectivity index (χ1) is 11.1. The molecule has 0 saturated heterocycles. The van der Waals surface area contributed by atoms with E-state index in [0.29, 0.717) is 27.2 Å². The third kappa shape index (κ3) is 3.85. The highest BCUT2D eigenvalue weighted by atomic mass is 35.5. The van der Waals surface area contributed by atoms with E-state index in [1.165, 1.54) is 18.3 Å². The van der Waals surface area contributed by atoms with Gasteiger partial charge < -0.3 is 10.6 Å². The second kappa shape index (κ2) is 6.76. The summed E-state index contributed by atoms with van der Waals surface area (Å²) in [6, 6.07) is 11.0. The molecular formula is C15H10Cl2FN5. The predicted molar refractivity (Wildman–Crippen MR) is 89.3 cm³/mol. The highest BCUT2D eigenvalue weighted by Crippen LogP contribution is 2.31. The minimum Gasteiger partial charge on any atom is -0.336 e. The summed E-state index contributed by atoms with van der Waals surface area (Å²) >= 11 is 12.2. The van der Waals surface area contributed by atoms with Gasteiger partial charge in [-0.3, -0.25) is 0 Å². The van der Waals surface area contributed by atoms with Gasteiger partial charge in [0, 0.05) is 5.69 Å². The number of aromatic nitrogens is 3. The average molecular weight is 350 g/mol. The summed E-state index contributed by atoms with van der Waals surface area (Å²) in [5.41, 5.74) is 1.17. The van der Waals surface area contributed by atoms with Crippen LogP contribution in [0.5, 0.6) is 0 Å². The summed E-state index contributed by atoms with van der Waals surface area (Å²) in [6.45, 7) is 0. The summed E-state index contributed by atoms with van der Waals surface area (Å²) in [5, 5.41) is 14.6. The second-order valence-electron chi connectivity index (χ2n) is 4.52. The van der Waals surface area contributed by atoms with Gasteiger partial charge in [-0.25, -0.2) is 4.39 Å². The Morgan fingerprint density at radius 2 is 1.61 bits per heavy atom. The lowest BCUT2D eigenvalue weighted by molar-refractivity contribution is 0.628. The molecule has 0 bridgehead atoms. The van der Waals surface area contributed by atoms with Crippen LogP contribution >= 0.6 is 23.2 Å². The number of hydrogen-bond donors (Lipinski definition) is 2. The molecule has 0 saturated carbocycles. The van der Waals surface area contributed by atoms with Crippen LogP contribution in [0.15, 0.2) is 48.7 Å². The van der Waals surface area contributed by atoms with E-state index < -0.39 is 0 Å². The normalized spacial score (nSPS) is 10.4. The molecule has 0 aliphatic rings. The summed E-state index contributed by atoms with van der Waals surface area (Å²) in [4.78, 5) is 4.26. The van der Waals surface area contributed by atoms with E-state index in [9.17, 15) is 4.39 Å². The molecule has 1 aromatic heterocycles. The van der Waals surface area contributed by atoms with Gasteiger partial charge in [-0.2, -0.15) is 10.1 Å². The van der Waals surface area contributed by atoms with Gasteiger partial charge in [0.15, 0.2) is 5.82 Å². The maximum Gasteiger partial charge on any atom is 0.249 e. The van der Waals surface area contributed by atoms with Crippen molar-refractivity contribution < 1.29 is 4.39 Å².